The van der Waals surface area contributed by atoms with Gasteiger partial charge in [0.25, 0.3) is 0 Å². The van der Waals surface area contributed by atoms with Crippen molar-refractivity contribution < 1.29 is 9.15 Å². The molecule has 0 amide bonds. The zero-order valence-electron chi connectivity index (χ0n) is 10.1. The summed E-state index contributed by atoms with van der Waals surface area (Å²) in [6.45, 7) is 4.00. The lowest BCUT2D eigenvalue weighted by Crippen LogP contribution is -2.11. The summed E-state index contributed by atoms with van der Waals surface area (Å²) in [4.78, 5) is 4.20. The molecule has 1 aromatic heterocycles. The van der Waals surface area contributed by atoms with Crippen molar-refractivity contribution in [3.8, 4) is 6.08 Å². The zero-order chi connectivity index (χ0) is 12.8. The maximum absolute atomic E-state index is 5.89. The van der Waals surface area contributed by atoms with Crippen LogP contribution < -0.4 is 10.1 Å². The molecule has 0 bridgehead atoms. The first kappa shape index (κ1) is 12.9. The van der Waals surface area contributed by atoms with Gasteiger partial charge >= 0.3 is 6.08 Å². The predicted molar refractivity (Wildman–Crippen MR) is 69.7 cm³/mol. The van der Waals surface area contributed by atoms with Crippen LogP contribution in [0.15, 0.2) is 34.9 Å². The predicted octanol–water partition coefficient (Wildman–Crippen LogP) is 3.02. The topological polar surface area (TPSA) is 47.3 Å². The largest absolute Gasteiger partial charge is 0.445 e. The van der Waals surface area contributed by atoms with Crippen molar-refractivity contribution in [3.63, 3.8) is 0 Å². The molecule has 0 unspecified atom stereocenters. The fraction of sp³-hybridized carbons (Fsp3) is 0.308. The standard InChI is InChI=1S/C13H15ClN2O2/c1-2-15-7-12-9-18-13(16-12)17-8-10-4-3-5-11(14)6-10/h3-6,9,15H,2,7-8H2,1H3. The van der Waals surface area contributed by atoms with Crippen LogP contribution in [0.3, 0.4) is 0 Å². The van der Waals surface area contributed by atoms with E-state index < -0.39 is 0 Å². The van der Waals surface area contributed by atoms with Gasteiger partial charge < -0.3 is 14.5 Å². The highest BCUT2D eigenvalue weighted by Crippen LogP contribution is 2.15. The fourth-order valence-corrected chi connectivity index (χ4v) is 1.67. The van der Waals surface area contributed by atoms with Crippen LogP contribution in [0, 0.1) is 0 Å². The number of hydrogen-bond donors (Lipinski definition) is 1. The minimum atomic E-state index is 0.280. The zero-order valence-corrected chi connectivity index (χ0v) is 10.9. The van der Waals surface area contributed by atoms with Crippen LogP contribution in [0.5, 0.6) is 6.08 Å². The van der Waals surface area contributed by atoms with Crippen LogP contribution >= 0.6 is 11.6 Å². The summed E-state index contributed by atoms with van der Waals surface area (Å²) in [6.07, 6.45) is 1.87. The molecule has 18 heavy (non-hydrogen) atoms. The average molecular weight is 267 g/mol. The molecule has 5 heteroatoms. The van der Waals surface area contributed by atoms with Crippen LogP contribution in [0.4, 0.5) is 0 Å². The van der Waals surface area contributed by atoms with Gasteiger partial charge in [0.05, 0.1) is 5.69 Å². The number of oxazole rings is 1. The van der Waals surface area contributed by atoms with E-state index in [1.807, 2.05) is 31.2 Å². The molecule has 2 rings (SSSR count). The maximum atomic E-state index is 5.89. The molecule has 1 N–H and O–H groups in total. The van der Waals surface area contributed by atoms with E-state index in [1.165, 1.54) is 0 Å². The Kier molecular flexibility index (Phi) is 4.61. The number of benzene rings is 1. The number of halogens is 1. The molecule has 2 aromatic rings. The second kappa shape index (κ2) is 6.42. The highest BCUT2D eigenvalue weighted by molar-refractivity contribution is 6.30. The van der Waals surface area contributed by atoms with E-state index >= 15 is 0 Å². The lowest BCUT2D eigenvalue weighted by atomic mass is 10.2. The van der Waals surface area contributed by atoms with Gasteiger partial charge in [-0.25, -0.2) is 0 Å². The fourth-order valence-electron chi connectivity index (χ4n) is 1.46. The van der Waals surface area contributed by atoms with Crippen LogP contribution in [0.2, 0.25) is 5.02 Å². The van der Waals surface area contributed by atoms with E-state index in [4.69, 9.17) is 20.8 Å². The van der Waals surface area contributed by atoms with Gasteiger partial charge in [0.2, 0.25) is 0 Å². The van der Waals surface area contributed by atoms with Gasteiger partial charge in [-0.2, -0.15) is 4.98 Å². The minimum absolute atomic E-state index is 0.280. The Morgan fingerprint density at radius 1 is 1.44 bits per heavy atom. The van der Waals surface area contributed by atoms with E-state index in [0.29, 0.717) is 18.2 Å². The Morgan fingerprint density at radius 2 is 2.33 bits per heavy atom. The van der Waals surface area contributed by atoms with Gasteiger partial charge in [-0.15, -0.1) is 0 Å². The first-order valence-corrected chi connectivity index (χ1v) is 6.18. The van der Waals surface area contributed by atoms with Crippen molar-refractivity contribution in [2.24, 2.45) is 0 Å². The van der Waals surface area contributed by atoms with Crippen molar-refractivity contribution >= 4 is 11.6 Å². The molecule has 96 valence electrons. The summed E-state index contributed by atoms with van der Waals surface area (Å²) in [7, 11) is 0. The summed E-state index contributed by atoms with van der Waals surface area (Å²) in [5.74, 6) is 0. The number of aromatic nitrogens is 1. The minimum Gasteiger partial charge on any atom is -0.445 e. The molecule has 4 nitrogen and oxygen atoms in total. The molecule has 0 aliphatic rings. The molecule has 0 spiro atoms. The van der Waals surface area contributed by atoms with E-state index in [9.17, 15) is 0 Å². The summed E-state index contributed by atoms with van der Waals surface area (Å²) in [5.41, 5.74) is 1.81. The Balaban J connectivity index is 1.88. The second-order valence-electron chi connectivity index (χ2n) is 3.80. The molecule has 1 aromatic carbocycles. The molecule has 0 saturated carbocycles. The molecule has 0 fully saturated rings. The average Bonchev–Trinajstić information content (AvgIpc) is 2.82. The molecular formula is C13H15ClN2O2. The van der Waals surface area contributed by atoms with Crippen molar-refractivity contribution in [3.05, 3.63) is 46.8 Å². The van der Waals surface area contributed by atoms with Gasteiger partial charge in [-0.1, -0.05) is 30.7 Å². The Morgan fingerprint density at radius 3 is 3.11 bits per heavy atom. The normalized spacial score (nSPS) is 10.6. The SMILES string of the molecule is CCNCc1coc(OCc2cccc(Cl)c2)n1. The van der Waals surface area contributed by atoms with Crippen LogP contribution in [-0.4, -0.2) is 11.5 Å². The van der Waals surface area contributed by atoms with E-state index in [2.05, 4.69) is 10.3 Å². The van der Waals surface area contributed by atoms with Gasteiger partial charge in [0.15, 0.2) is 0 Å². The summed E-state index contributed by atoms with van der Waals surface area (Å²) >= 11 is 5.89. The molecule has 0 saturated heterocycles. The van der Waals surface area contributed by atoms with Crippen LogP contribution in [-0.2, 0) is 13.2 Å². The van der Waals surface area contributed by atoms with Crippen molar-refractivity contribution in [2.75, 3.05) is 6.54 Å². The van der Waals surface area contributed by atoms with E-state index in [0.717, 1.165) is 17.8 Å². The van der Waals surface area contributed by atoms with Crippen molar-refractivity contribution in [1.29, 1.82) is 0 Å². The van der Waals surface area contributed by atoms with Crippen LogP contribution in [0.25, 0.3) is 0 Å². The Labute approximate surface area is 111 Å². The Bertz CT molecular complexity index is 499. The molecule has 0 radical (unpaired) electrons. The van der Waals surface area contributed by atoms with E-state index in [1.54, 1.807) is 6.26 Å². The molecular weight excluding hydrogens is 252 g/mol. The van der Waals surface area contributed by atoms with Gasteiger partial charge in [-0.3, -0.25) is 0 Å². The van der Waals surface area contributed by atoms with Crippen LogP contribution in [0.1, 0.15) is 18.2 Å². The first-order chi connectivity index (χ1) is 8.78. The highest BCUT2D eigenvalue weighted by Gasteiger charge is 2.05. The highest BCUT2D eigenvalue weighted by atomic mass is 35.5. The van der Waals surface area contributed by atoms with Gasteiger partial charge in [0.1, 0.15) is 12.9 Å². The lowest BCUT2D eigenvalue weighted by Gasteiger charge is -2.01. The number of hydrogen-bond acceptors (Lipinski definition) is 4. The summed E-state index contributed by atoms with van der Waals surface area (Å²) in [5, 5.41) is 3.85. The number of ether oxygens (including phenoxy) is 1. The summed E-state index contributed by atoms with van der Waals surface area (Å²) < 4.78 is 10.7. The van der Waals surface area contributed by atoms with Crippen molar-refractivity contribution in [1.82, 2.24) is 10.3 Å². The van der Waals surface area contributed by atoms with E-state index in [-0.39, 0.29) is 6.08 Å². The Hall–Kier alpha value is -1.52. The van der Waals surface area contributed by atoms with Gasteiger partial charge in [0, 0.05) is 11.6 Å². The van der Waals surface area contributed by atoms with Crippen molar-refractivity contribution in [2.45, 2.75) is 20.1 Å². The molecule has 0 aliphatic carbocycles. The monoisotopic (exact) mass is 266 g/mol. The third-order valence-corrected chi connectivity index (χ3v) is 2.57. The lowest BCUT2D eigenvalue weighted by molar-refractivity contribution is 0.220. The van der Waals surface area contributed by atoms with Gasteiger partial charge in [-0.05, 0) is 24.2 Å². The molecule has 1 heterocycles. The third kappa shape index (κ3) is 3.75. The second-order valence-corrected chi connectivity index (χ2v) is 4.24. The molecule has 0 atom stereocenters. The number of nitrogens with one attached hydrogen (secondary N) is 1. The number of nitrogens with zero attached hydrogens (tertiary/aromatic N) is 1. The molecule has 0 aliphatic heterocycles. The number of rotatable bonds is 6. The quantitative estimate of drug-likeness (QED) is 0.873. The maximum Gasteiger partial charge on any atom is 0.394 e. The first-order valence-electron chi connectivity index (χ1n) is 5.80. The summed E-state index contributed by atoms with van der Waals surface area (Å²) in [6, 6.07) is 7.50. The third-order valence-electron chi connectivity index (χ3n) is 2.34. The smallest absolute Gasteiger partial charge is 0.394 e.